The summed E-state index contributed by atoms with van der Waals surface area (Å²) in [6, 6.07) is -0.0796. The molecular weight excluding hydrogens is 310 g/mol. The summed E-state index contributed by atoms with van der Waals surface area (Å²) in [7, 11) is 1.75. The van der Waals surface area contributed by atoms with Crippen LogP contribution in [-0.4, -0.2) is 45.0 Å². The Balaban J connectivity index is 1.97. The van der Waals surface area contributed by atoms with Gasteiger partial charge in [-0.25, -0.2) is 9.59 Å². The van der Waals surface area contributed by atoms with E-state index < -0.39 is 5.60 Å². The van der Waals surface area contributed by atoms with Crippen molar-refractivity contribution in [1.29, 1.82) is 0 Å². The van der Waals surface area contributed by atoms with Crippen molar-refractivity contribution in [1.82, 2.24) is 14.7 Å². The monoisotopic (exact) mass is 335 g/mol. The lowest BCUT2D eigenvalue weighted by Crippen LogP contribution is -2.44. The molecule has 24 heavy (non-hydrogen) atoms. The van der Waals surface area contributed by atoms with E-state index in [0.717, 1.165) is 24.1 Å². The minimum absolute atomic E-state index is 0.0855. The van der Waals surface area contributed by atoms with Crippen molar-refractivity contribution in [3.63, 3.8) is 0 Å². The third-order valence-corrected chi connectivity index (χ3v) is 4.50. The van der Waals surface area contributed by atoms with Crippen molar-refractivity contribution in [3.8, 4) is 0 Å². The van der Waals surface area contributed by atoms with Gasteiger partial charge in [0.15, 0.2) is 5.69 Å². The third-order valence-electron chi connectivity index (χ3n) is 4.50. The topological polar surface area (TPSA) is 73.7 Å². The molecule has 0 unspecified atom stereocenters. The number of ether oxygens (including phenoxy) is 2. The zero-order valence-electron chi connectivity index (χ0n) is 15.0. The third kappa shape index (κ3) is 2.76. The number of rotatable bonds is 2. The molecule has 0 saturated carbocycles. The number of amides is 1. The molecule has 0 N–H and O–H groups in total. The first-order chi connectivity index (χ1) is 11.2. The number of hydrogen-bond donors (Lipinski definition) is 0. The van der Waals surface area contributed by atoms with Crippen molar-refractivity contribution >= 4 is 12.1 Å². The predicted molar refractivity (Wildman–Crippen MR) is 86.7 cm³/mol. The maximum absolute atomic E-state index is 12.7. The molecule has 0 radical (unpaired) electrons. The molecule has 1 aromatic rings. The van der Waals surface area contributed by atoms with E-state index in [1.807, 2.05) is 20.8 Å². The molecule has 7 heteroatoms. The molecule has 1 aromatic heterocycles. The fraction of sp³-hybridized carbons (Fsp3) is 0.706. The Bertz CT molecular complexity index is 674. The quantitative estimate of drug-likeness (QED) is 0.777. The minimum Gasteiger partial charge on any atom is -0.461 e. The number of carbonyl (C=O) groups is 2. The Kier molecular flexibility index (Phi) is 4.05. The van der Waals surface area contributed by atoms with Gasteiger partial charge in [-0.15, -0.1) is 0 Å². The molecule has 0 aliphatic carbocycles. The maximum atomic E-state index is 12.7. The molecule has 2 aliphatic rings. The molecule has 1 saturated heterocycles. The van der Waals surface area contributed by atoms with Crippen LogP contribution < -0.4 is 0 Å². The molecule has 0 aromatic carbocycles. The van der Waals surface area contributed by atoms with Crippen molar-refractivity contribution in [2.75, 3.05) is 6.61 Å². The van der Waals surface area contributed by atoms with Crippen LogP contribution in [0, 0.1) is 0 Å². The van der Waals surface area contributed by atoms with Crippen LogP contribution in [0.4, 0.5) is 4.79 Å². The number of hydrogen-bond acceptors (Lipinski definition) is 5. The highest BCUT2D eigenvalue weighted by Crippen LogP contribution is 2.45. The number of carbonyl (C=O) groups excluding carboxylic acids is 2. The number of aryl methyl sites for hydroxylation is 1. The van der Waals surface area contributed by atoms with Crippen LogP contribution in [0.5, 0.6) is 0 Å². The standard InChI is InChI=1S/C17H25N3O4/c1-6-23-15(21)14-13-11(18-19(14)5)9-10-7-8-12(13)20(10)16(22)24-17(2,3)4/h10,12H,6-9H2,1-5H3/t10-,12+/m0/s1. The summed E-state index contributed by atoms with van der Waals surface area (Å²) < 4.78 is 12.3. The summed E-state index contributed by atoms with van der Waals surface area (Å²) in [5, 5.41) is 4.50. The second-order valence-corrected chi connectivity index (χ2v) is 7.39. The summed E-state index contributed by atoms with van der Waals surface area (Å²) in [4.78, 5) is 26.8. The number of esters is 1. The van der Waals surface area contributed by atoms with Crippen LogP contribution in [0.25, 0.3) is 0 Å². The molecule has 1 fully saturated rings. The lowest BCUT2D eigenvalue weighted by atomic mass is 9.97. The van der Waals surface area contributed by atoms with Gasteiger partial charge in [-0.05, 0) is 40.5 Å². The molecule has 3 heterocycles. The van der Waals surface area contributed by atoms with Crippen LogP contribution in [0.15, 0.2) is 0 Å². The maximum Gasteiger partial charge on any atom is 0.411 e. The first-order valence-electron chi connectivity index (χ1n) is 8.47. The van der Waals surface area contributed by atoms with Crippen LogP contribution in [0.1, 0.15) is 68.3 Å². The highest BCUT2D eigenvalue weighted by atomic mass is 16.6. The zero-order valence-corrected chi connectivity index (χ0v) is 15.0. The summed E-state index contributed by atoms with van der Waals surface area (Å²) in [6.45, 7) is 7.66. The van der Waals surface area contributed by atoms with Crippen LogP contribution in [0.2, 0.25) is 0 Å². The molecule has 7 nitrogen and oxygen atoms in total. The normalized spacial score (nSPS) is 22.3. The fourth-order valence-electron chi connectivity index (χ4n) is 3.72. The van der Waals surface area contributed by atoms with E-state index in [0.29, 0.717) is 18.7 Å². The van der Waals surface area contributed by atoms with Crippen LogP contribution in [-0.2, 0) is 22.9 Å². The van der Waals surface area contributed by atoms with Crippen molar-refractivity contribution in [2.24, 2.45) is 7.05 Å². The summed E-state index contributed by atoms with van der Waals surface area (Å²) in [5.41, 5.74) is 1.63. The van der Waals surface area contributed by atoms with Crippen LogP contribution >= 0.6 is 0 Å². The van der Waals surface area contributed by atoms with Gasteiger partial charge >= 0.3 is 12.1 Å². The second-order valence-electron chi connectivity index (χ2n) is 7.39. The highest BCUT2D eigenvalue weighted by Gasteiger charge is 2.48. The average Bonchev–Trinajstić information content (AvgIpc) is 2.94. The van der Waals surface area contributed by atoms with Gasteiger partial charge in [0.05, 0.1) is 18.3 Å². The van der Waals surface area contributed by atoms with E-state index in [1.165, 1.54) is 0 Å². The smallest absolute Gasteiger partial charge is 0.411 e. The minimum atomic E-state index is -0.546. The molecule has 1 amide bonds. The van der Waals surface area contributed by atoms with Gasteiger partial charge in [-0.1, -0.05) is 0 Å². The Morgan fingerprint density at radius 1 is 1.29 bits per heavy atom. The lowest BCUT2D eigenvalue weighted by Gasteiger charge is -2.35. The van der Waals surface area contributed by atoms with Gasteiger partial charge in [0.1, 0.15) is 5.60 Å². The van der Waals surface area contributed by atoms with E-state index >= 15 is 0 Å². The molecular formula is C17H25N3O4. The predicted octanol–water partition coefficient (Wildman–Crippen LogP) is 2.59. The first kappa shape index (κ1) is 16.8. The van der Waals surface area contributed by atoms with Gasteiger partial charge < -0.3 is 9.47 Å². The number of nitrogens with zero attached hydrogens (tertiary/aromatic N) is 3. The molecule has 132 valence electrons. The van der Waals surface area contributed by atoms with Crippen molar-refractivity contribution < 1.29 is 19.1 Å². The average molecular weight is 335 g/mol. The Morgan fingerprint density at radius 3 is 2.62 bits per heavy atom. The van der Waals surface area contributed by atoms with E-state index in [2.05, 4.69) is 5.10 Å². The molecule has 0 spiro atoms. The summed E-state index contributed by atoms with van der Waals surface area (Å²) in [6.07, 6.45) is 2.04. The molecule has 2 atom stereocenters. The van der Waals surface area contributed by atoms with E-state index in [1.54, 1.807) is 23.6 Å². The van der Waals surface area contributed by atoms with Crippen molar-refractivity contribution in [2.45, 2.75) is 64.6 Å². The van der Waals surface area contributed by atoms with Gasteiger partial charge in [0, 0.05) is 25.1 Å². The first-order valence-corrected chi connectivity index (χ1v) is 8.47. The molecule has 2 aliphatic heterocycles. The van der Waals surface area contributed by atoms with E-state index in [-0.39, 0.29) is 24.1 Å². The highest BCUT2D eigenvalue weighted by molar-refractivity contribution is 5.90. The Morgan fingerprint density at radius 2 is 2.00 bits per heavy atom. The lowest BCUT2D eigenvalue weighted by molar-refractivity contribution is 0.0120. The van der Waals surface area contributed by atoms with Gasteiger partial charge in [-0.3, -0.25) is 9.58 Å². The van der Waals surface area contributed by atoms with Gasteiger partial charge in [-0.2, -0.15) is 5.10 Å². The molecule has 2 bridgehead atoms. The fourth-order valence-corrected chi connectivity index (χ4v) is 3.72. The second kappa shape index (κ2) is 5.79. The molecule has 3 rings (SSSR count). The summed E-state index contributed by atoms with van der Waals surface area (Å²) in [5.74, 6) is -0.386. The van der Waals surface area contributed by atoms with E-state index in [4.69, 9.17) is 9.47 Å². The Hall–Kier alpha value is -2.05. The SMILES string of the molecule is CCOC(=O)c1c2c(nn1C)C[C@@H]1CC[C@H]2N1C(=O)OC(C)(C)C. The van der Waals surface area contributed by atoms with Crippen molar-refractivity contribution in [3.05, 3.63) is 17.0 Å². The van der Waals surface area contributed by atoms with Gasteiger partial charge in [0.25, 0.3) is 0 Å². The van der Waals surface area contributed by atoms with Crippen LogP contribution in [0.3, 0.4) is 0 Å². The number of aromatic nitrogens is 2. The largest absolute Gasteiger partial charge is 0.461 e. The van der Waals surface area contributed by atoms with Gasteiger partial charge in [0.2, 0.25) is 0 Å². The zero-order chi connectivity index (χ0) is 17.6. The number of fused-ring (bicyclic) bond motifs is 4. The van der Waals surface area contributed by atoms with E-state index in [9.17, 15) is 9.59 Å². The Labute approximate surface area is 141 Å². The summed E-state index contributed by atoms with van der Waals surface area (Å²) >= 11 is 0.